The normalized spacial score (nSPS) is 11.5. The Labute approximate surface area is 161 Å². The first-order chi connectivity index (χ1) is 12.5. The average Bonchev–Trinajstić information content (AvgIpc) is 2.66. The number of benzene rings is 2. The summed E-state index contributed by atoms with van der Waals surface area (Å²) >= 11 is 3.32. The van der Waals surface area contributed by atoms with Crippen LogP contribution >= 0.6 is 15.9 Å². The minimum Gasteiger partial charge on any atom is -0.482 e. The van der Waals surface area contributed by atoms with Crippen LogP contribution in [0.15, 0.2) is 53.0 Å². The number of amides is 1. The molecule has 5 nitrogen and oxygen atoms in total. The van der Waals surface area contributed by atoms with Crippen molar-refractivity contribution in [3.63, 3.8) is 0 Å². The van der Waals surface area contributed by atoms with E-state index in [-0.39, 0.29) is 25.2 Å². The van der Waals surface area contributed by atoms with Gasteiger partial charge >= 0.3 is 5.97 Å². The Kier molecular flexibility index (Phi) is 7.66. The standard InChI is InChI=1S/C20H22BrNO4/c1-3-15-4-6-16(7-5-15)14(2)22-19(23)12-26-20(24)13-25-18-10-8-17(21)9-11-18/h4-11,14H,3,12-13H2,1-2H3,(H,22,23)/t14-/m0/s1. The van der Waals surface area contributed by atoms with Crippen molar-refractivity contribution >= 4 is 27.8 Å². The fourth-order valence-electron chi connectivity index (χ4n) is 2.27. The molecule has 0 unspecified atom stereocenters. The van der Waals surface area contributed by atoms with Crippen LogP contribution in [0.2, 0.25) is 0 Å². The molecule has 1 atom stereocenters. The highest BCUT2D eigenvalue weighted by Crippen LogP contribution is 2.16. The van der Waals surface area contributed by atoms with Gasteiger partial charge in [-0.05, 0) is 48.7 Å². The highest BCUT2D eigenvalue weighted by Gasteiger charge is 2.12. The minimum atomic E-state index is -0.594. The number of ether oxygens (including phenoxy) is 2. The summed E-state index contributed by atoms with van der Waals surface area (Å²) in [5, 5.41) is 2.81. The lowest BCUT2D eigenvalue weighted by Crippen LogP contribution is -2.31. The molecule has 0 heterocycles. The third-order valence-electron chi connectivity index (χ3n) is 3.80. The van der Waals surface area contributed by atoms with E-state index in [1.807, 2.05) is 43.3 Å². The molecule has 2 aromatic rings. The van der Waals surface area contributed by atoms with Gasteiger partial charge in [0.05, 0.1) is 6.04 Å². The van der Waals surface area contributed by atoms with Gasteiger partial charge in [0, 0.05) is 4.47 Å². The molecule has 26 heavy (non-hydrogen) atoms. The SMILES string of the molecule is CCc1ccc([C@H](C)NC(=O)COC(=O)COc2ccc(Br)cc2)cc1. The molecule has 0 aliphatic heterocycles. The summed E-state index contributed by atoms with van der Waals surface area (Å²) in [6.45, 7) is 3.40. The van der Waals surface area contributed by atoms with Crippen LogP contribution in [0.4, 0.5) is 0 Å². The van der Waals surface area contributed by atoms with E-state index in [0.717, 1.165) is 16.5 Å². The zero-order valence-corrected chi connectivity index (χ0v) is 16.4. The van der Waals surface area contributed by atoms with E-state index < -0.39 is 5.97 Å². The highest BCUT2D eigenvalue weighted by molar-refractivity contribution is 9.10. The number of hydrogen-bond acceptors (Lipinski definition) is 4. The van der Waals surface area contributed by atoms with Gasteiger partial charge in [0.15, 0.2) is 13.2 Å². The highest BCUT2D eigenvalue weighted by atomic mass is 79.9. The van der Waals surface area contributed by atoms with Crippen molar-refractivity contribution in [1.82, 2.24) is 5.32 Å². The molecule has 1 amide bonds. The van der Waals surface area contributed by atoms with Gasteiger partial charge in [-0.2, -0.15) is 0 Å². The van der Waals surface area contributed by atoms with E-state index in [0.29, 0.717) is 5.75 Å². The zero-order valence-electron chi connectivity index (χ0n) is 14.8. The molecule has 0 saturated carbocycles. The lowest BCUT2D eigenvalue weighted by Gasteiger charge is -2.15. The summed E-state index contributed by atoms with van der Waals surface area (Å²) in [5.41, 5.74) is 2.24. The fraction of sp³-hybridized carbons (Fsp3) is 0.300. The lowest BCUT2D eigenvalue weighted by atomic mass is 10.1. The van der Waals surface area contributed by atoms with Gasteiger partial charge in [0.1, 0.15) is 5.75 Å². The van der Waals surface area contributed by atoms with Gasteiger partial charge in [-0.15, -0.1) is 0 Å². The molecule has 0 aliphatic carbocycles. The molecule has 138 valence electrons. The molecule has 0 fully saturated rings. The van der Waals surface area contributed by atoms with Crippen LogP contribution in [-0.2, 0) is 20.7 Å². The molecule has 0 saturated heterocycles. The van der Waals surface area contributed by atoms with E-state index in [9.17, 15) is 9.59 Å². The molecule has 0 spiro atoms. The first-order valence-corrected chi connectivity index (χ1v) is 9.19. The Morgan fingerprint density at radius 3 is 2.31 bits per heavy atom. The number of aryl methyl sites for hydroxylation is 1. The Morgan fingerprint density at radius 1 is 1.04 bits per heavy atom. The summed E-state index contributed by atoms with van der Waals surface area (Å²) in [5.74, 6) is -0.393. The second-order valence-corrected chi connectivity index (χ2v) is 6.70. The Morgan fingerprint density at radius 2 is 1.69 bits per heavy atom. The minimum absolute atomic E-state index is 0.161. The maximum Gasteiger partial charge on any atom is 0.344 e. The van der Waals surface area contributed by atoms with Gasteiger partial charge in [-0.25, -0.2) is 4.79 Å². The molecule has 2 aromatic carbocycles. The molecular weight excluding hydrogens is 398 g/mol. The van der Waals surface area contributed by atoms with E-state index in [1.165, 1.54) is 5.56 Å². The van der Waals surface area contributed by atoms with Crippen molar-refractivity contribution in [2.24, 2.45) is 0 Å². The van der Waals surface area contributed by atoms with Crippen LogP contribution in [0.25, 0.3) is 0 Å². The molecule has 0 aromatic heterocycles. The summed E-state index contributed by atoms with van der Waals surface area (Å²) < 4.78 is 11.2. The quantitative estimate of drug-likeness (QED) is 0.660. The van der Waals surface area contributed by atoms with Crippen molar-refractivity contribution in [1.29, 1.82) is 0 Å². The van der Waals surface area contributed by atoms with Gasteiger partial charge in [0.2, 0.25) is 0 Å². The van der Waals surface area contributed by atoms with Crippen LogP contribution in [0.5, 0.6) is 5.75 Å². The smallest absolute Gasteiger partial charge is 0.344 e. The monoisotopic (exact) mass is 419 g/mol. The third-order valence-corrected chi connectivity index (χ3v) is 4.33. The Bertz CT molecular complexity index is 728. The number of halogens is 1. The van der Waals surface area contributed by atoms with Gasteiger partial charge in [0.25, 0.3) is 5.91 Å². The second kappa shape index (κ2) is 9.97. The first kappa shape index (κ1) is 20.0. The Hall–Kier alpha value is -2.34. The zero-order chi connectivity index (χ0) is 18.9. The summed E-state index contributed by atoms with van der Waals surface area (Å²) in [6, 6.07) is 15.0. The molecule has 1 N–H and O–H groups in total. The van der Waals surface area contributed by atoms with Crippen molar-refractivity contribution in [2.75, 3.05) is 13.2 Å². The van der Waals surface area contributed by atoms with Crippen molar-refractivity contribution in [3.8, 4) is 5.75 Å². The van der Waals surface area contributed by atoms with E-state index >= 15 is 0 Å². The van der Waals surface area contributed by atoms with Crippen molar-refractivity contribution < 1.29 is 19.1 Å². The molecular formula is C20H22BrNO4. The first-order valence-electron chi connectivity index (χ1n) is 8.40. The molecule has 2 rings (SSSR count). The van der Waals surface area contributed by atoms with Crippen molar-refractivity contribution in [3.05, 3.63) is 64.1 Å². The molecule has 0 bridgehead atoms. The molecule has 0 radical (unpaired) electrons. The Balaban J connectivity index is 1.71. The number of carbonyl (C=O) groups excluding carboxylic acids is 2. The number of nitrogens with one attached hydrogen (secondary N) is 1. The second-order valence-electron chi connectivity index (χ2n) is 5.79. The van der Waals surface area contributed by atoms with Crippen LogP contribution in [0, 0.1) is 0 Å². The van der Waals surface area contributed by atoms with E-state index in [1.54, 1.807) is 12.1 Å². The summed E-state index contributed by atoms with van der Waals surface area (Å²) in [4.78, 5) is 23.6. The maximum atomic E-state index is 11.9. The number of hydrogen-bond donors (Lipinski definition) is 1. The number of esters is 1. The van der Waals surface area contributed by atoms with Crippen LogP contribution in [0.3, 0.4) is 0 Å². The predicted molar refractivity (Wildman–Crippen MR) is 103 cm³/mol. The lowest BCUT2D eigenvalue weighted by molar-refractivity contribution is -0.150. The summed E-state index contributed by atoms with van der Waals surface area (Å²) in [7, 11) is 0. The van der Waals surface area contributed by atoms with Gasteiger partial charge < -0.3 is 14.8 Å². The number of carbonyl (C=O) groups is 2. The van der Waals surface area contributed by atoms with Gasteiger partial charge in [-0.1, -0.05) is 47.1 Å². The van der Waals surface area contributed by atoms with Gasteiger partial charge in [-0.3, -0.25) is 4.79 Å². The topological polar surface area (TPSA) is 64.6 Å². The fourth-order valence-corrected chi connectivity index (χ4v) is 2.53. The van der Waals surface area contributed by atoms with Crippen LogP contribution < -0.4 is 10.1 Å². The predicted octanol–water partition coefficient (Wildman–Crippen LogP) is 3.81. The van der Waals surface area contributed by atoms with Crippen LogP contribution in [-0.4, -0.2) is 25.1 Å². The molecule has 6 heteroatoms. The average molecular weight is 420 g/mol. The van der Waals surface area contributed by atoms with Crippen LogP contribution in [0.1, 0.15) is 31.0 Å². The number of rotatable bonds is 8. The largest absolute Gasteiger partial charge is 0.482 e. The third kappa shape index (κ3) is 6.52. The summed E-state index contributed by atoms with van der Waals surface area (Å²) in [6.07, 6.45) is 0.972. The van der Waals surface area contributed by atoms with E-state index in [2.05, 4.69) is 28.2 Å². The molecule has 0 aliphatic rings. The maximum absolute atomic E-state index is 11.9. The van der Waals surface area contributed by atoms with E-state index in [4.69, 9.17) is 9.47 Å². The van der Waals surface area contributed by atoms with Crippen molar-refractivity contribution in [2.45, 2.75) is 26.3 Å².